The predicted octanol–water partition coefficient (Wildman–Crippen LogP) is 2.38. The second kappa shape index (κ2) is 5.54. The van der Waals surface area contributed by atoms with Crippen molar-refractivity contribution < 1.29 is 4.79 Å². The number of rotatable bonds is 4. The number of carbonyl (C=O) groups is 1. The Balaban J connectivity index is 2.15. The minimum absolute atomic E-state index is 0.00842. The Bertz CT molecular complexity index is 496. The summed E-state index contributed by atoms with van der Waals surface area (Å²) in [6.07, 6.45) is 5.38. The van der Waals surface area contributed by atoms with Crippen LogP contribution in [0.15, 0.2) is 36.7 Å². The summed E-state index contributed by atoms with van der Waals surface area (Å²) < 4.78 is 0. The summed E-state index contributed by atoms with van der Waals surface area (Å²) in [4.78, 5) is 18.7. The number of carbonyl (C=O) groups excluding carboxylic acids is 1. The summed E-state index contributed by atoms with van der Waals surface area (Å²) in [5.74, 6) is 1.27. The van der Waals surface area contributed by atoms with Crippen molar-refractivity contribution in [1.82, 2.24) is 9.97 Å². The maximum Gasteiger partial charge on any atom is 0.234 e. The molecule has 5 heteroatoms. The van der Waals surface area contributed by atoms with E-state index in [2.05, 4.69) is 15.3 Å². The second-order valence-corrected chi connectivity index (χ2v) is 4.37. The van der Waals surface area contributed by atoms with E-state index in [1.165, 1.54) is 11.8 Å². The van der Waals surface area contributed by atoms with Gasteiger partial charge < -0.3 is 10.3 Å². The molecule has 0 atom stereocenters. The van der Waals surface area contributed by atoms with Crippen LogP contribution in [-0.4, -0.2) is 27.9 Å². The van der Waals surface area contributed by atoms with Crippen molar-refractivity contribution in [3.63, 3.8) is 0 Å². The van der Waals surface area contributed by atoms with Crippen LogP contribution >= 0.6 is 11.8 Å². The van der Waals surface area contributed by atoms with Crippen LogP contribution in [0.2, 0.25) is 0 Å². The minimum Gasteiger partial charge on any atom is -0.345 e. The average Bonchev–Trinajstić information content (AvgIpc) is 2.83. The van der Waals surface area contributed by atoms with Gasteiger partial charge in [0, 0.05) is 23.6 Å². The number of aromatic nitrogens is 2. The Kier molecular flexibility index (Phi) is 3.82. The molecule has 1 aromatic carbocycles. The molecular formula is C12H13N3OS. The molecule has 1 aromatic heterocycles. The van der Waals surface area contributed by atoms with Gasteiger partial charge in [-0.3, -0.25) is 4.79 Å². The molecule has 0 saturated carbocycles. The lowest BCUT2D eigenvalue weighted by atomic mass is 10.2. The highest BCUT2D eigenvalue weighted by molar-refractivity contribution is 7.99. The molecule has 0 bridgehead atoms. The van der Waals surface area contributed by atoms with Crippen molar-refractivity contribution >= 4 is 23.4 Å². The number of nitrogens with one attached hydrogen (secondary N) is 2. The van der Waals surface area contributed by atoms with E-state index in [9.17, 15) is 4.79 Å². The maximum absolute atomic E-state index is 11.5. The van der Waals surface area contributed by atoms with Gasteiger partial charge in [0.15, 0.2) is 0 Å². The van der Waals surface area contributed by atoms with Crippen molar-refractivity contribution in [2.45, 2.75) is 0 Å². The van der Waals surface area contributed by atoms with Gasteiger partial charge in [0.25, 0.3) is 0 Å². The fourth-order valence-electron chi connectivity index (χ4n) is 1.50. The van der Waals surface area contributed by atoms with E-state index < -0.39 is 0 Å². The van der Waals surface area contributed by atoms with Crippen molar-refractivity contribution in [2.75, 3.05) is 17.3 Å². The lowest BCUT2D eigenvalue weighted by Gasteiger charge is -2.05. The number of H-pyrrole nitrogens is 1. The van der Waals surface area contributed by atoms with Gasteiger partial charge in [0.05, 0.1) is 5.75 Å². The summed E-state index contributed by atoms with van der Waals surface area (Å²) >= 11 is 1.50. The Labute approximate surface area is 104 Å². The van der Waals surface area contributed by atoms with E-state index >= 15 is 0 Å². The zero-order chi connectivity index (χ0) is 12.1. The van der Waals surface area contributed by atoms with Gasteiger partial charge in [-0.05, 0) is 18.4 Å². The third-order valence-electron chi connectivity index (χ3n) is 2.19. The first-order chi connectivity index (χ1) is 8.29. The number of thioether (sulfide) groups is 1. The van der Waals surface area contributed by atoms with Crippen molar-refractivity contribution in [3.8, 4) is 11.4 Å². The third kappa shape index (κ3) is 3.10. The first kappa shape index (κ1) is 11.7. The molecule has 0 unspecified atom stereocenters. The summed E-state index contributed by atoms with van der Waals surface area (Å²) in [5.41, 5.74) is 1.75. The van der Waals surface area contributed by atoms with E-state index in [1.54, 1.807) is 12.4 Å². The van der Waals surface area contributed by atoms with Gasteiger partial charge >= 0.3 is 0 Å². The monoisotopic (exact) mass is 247 g/mol. The van der Waals surface area contributed by atoms with E-state index in [0.717, 1.165) is 17.1 Å². The molecule has 2 N–H and O–H groups in total. The molecule has 0 aliphatic rings. The Morgan fingerprint density at radius 2 is 2.41 bits per heavy atom. The van der Waals surface area contributed by atoms with E-state index in [0.29, 0.717) is 5.75 Å². The molecule has 0 saturated heterocycles. The van der Waals surface area contributed by atoms with E-state index in [-0.39, 0.29) is 5.91 Å². The Hall–Kier alpha value is -1.75. The zero-order valence-corrected chi connectivity index (χ0v) is 10.3. The van der Waals surface area contributed by atoms with Crippen molar-refractivity contribution in [3.05, 3.63) is 36.7 Å². The average molecular weight is 247 g/mol. The summed E-state index contributed by atoms with van der Waals surface area (Å²) in [6.45, 7) is 0. The molecule has 88 valence electrons. The quantitative estimate of drug-likeness (QED) is 0.872. The van der Waals surface area contributed by atoms with Gasteiger partial charge in [-0.2, -0.15) is 11.8 Å². The molecule has 2 rings (SSSR count). The number of nitrogens with zero attached hydrogens (tertiary/aromatic N) is 1. The Morgan fingerprint density at radius 3 is 3.12 bits per heavy atom. The van der Waals surface area contributed by atoms with E-state index in [4.69, 9.17) is 0 Å². The molecule has 1 heterocycles. The number of anilines is 1. The van der Waals surface area contributed by atoms with Crippen LogP contribution in [0.5, 0.6) is 0 Å². The lowest BCUT2D eigenvalue weighted by molar-refractivity contribution is -0.113. The molecule has 1 amide bonds. The van der Waals surface area contributed by atoms with Gasteiger partial charge in [0.2, 0.25) is 5.91 Å². The number of aromatic amines is 1. The van der Waals surface area contributed by atoms with Crippen LogP contribution in [-0.2, 0) is 4.79 Å². The molecule has 4 nitrogen and oxygen atoms in total. The first-order valence-electron chi connectivity index (χ1n) is 5.18. The molecule has 0 aliphatic carbocycles. The molecule has 0 spiro atoms. The number of benzene rings is 1. The molecule has 2 aromatic rings. The van der Waals surface area contributed by atoms with Crippen LogP contribution in [0.25, 0.3) is 11.4 Å². The van der Waals surface area contributed by atoms with Crippen LogP contribution in [0, 0.1) is 0 Å². The number of hydrogen-bond acceptors (Lipinski definition) is 3. The number of imidazole rings is 1. The van der Waals surface area contributed by atoms with Crippen LogP contribution < -0.4 is 5.32 Å². The number of amides is 1. The highest BCUT2D eigenvalue weighted by Gasteiger charge is 2.04. The van der Waals surface area contributed by atoms with Gasteiger partial charge in [-0.25, -0.2) is 4.98 Å². The van der Waals surface area contributed by atoms with Crippen LogP contribution in [0.4, 0.5) is 5.69 Å². The third-order valence-corrected chi connectivity index (χ3v) is 2.74. The zero-order valence-electron chi connectivity index (χ0n) is 9.43. The van der Waals surface area contributed by atoms with Crippen molar-refractivity contribution in [1.29, 1.82) is 0 Å². The normalized spacial score (nSPS) is 10.2. The second-order valence-electron chi connectivity index (χ2n) is 3.50. The maximum atomic E-state index is 11.5. The Morgan fingerprint density at radius 1 is 1.53 bits per heavy atom. The fourth-order valence-corrected chi connectivity index (χ4v) is 1.83. The predicted molar refractivity (Wildman–Crippen MR) is 71.0 cm³/mol. The first-order valence-corrected chi connectivity index (χ1v) is 6.57. The lowest BCUT2D eigenvalue weighted by Crippen LogP contribution is -2.13. The fraction of sp³-hybridized carbons (Fsp3) is 0.167. The molecule has 0 radical (unpaired) electrons. The standard InChI is InChI=1S/C12H13N3OS/c1-17-8-11(16)15-10-4-2-3-9(7-10)12-13-5-6-14-12/h2-7H,8H2,1H3,(H,13,14)(H,15,16). The summed E-state index contributed by atoms with van der Waals surface area (Å²) in [7, 11) is 0. The van der Waals surface area contributed by atoms with Gasteiger partial charge in [-0.1, -0.05) is 12.1 Å². The summed E-state index contributed by atoms with van der Waals surface area (Å²) in [6, 6.07) is 7.61. The largest absolute Gasteiger partial charge is 0.345 e. The molecular weight excluding hydrogens is 234 g/mol. The SMILES string of the molecule is CSCC(=O)Nc1cccc(-c2ncc[nH]2)c1. The topological polar surface area (TPSA) is 57.8 Å². The molecule has 0 aliphatic heterocycles. The summed E-state index contributed by atoms with van der Waals surface area (Å²) in [5, 5.41) is 2.84. The highest BCUT2D eigenvalue weighted by atomic mass is 32.2. The highest BCUT2D eigenvalue weighted by Crippen LogP contribution is 2.19. The van der Waals surface area contributed by atoms with Crippen LogP contribution in [0.1, 0.15) is 0 Å². The smallest absolute Gasteiger partial charge is 0.234 e. The number of hydrogen-bond donors (Lipinski definition) is 2. The van der Waals surface area contributed by atoms with E-state index in [1.807, 2.05) is 30.5 Å². The minimum atomic E-state index is 0.00842. The van der Waals surface area contributed by atoms with Crippen molar-refractivity contribution in [2.24, 2.45) is 0 Å². The van der Waals surface area contributed by atoms with Crippen LogP contribution in [0.3, 0.4) is 0 Å². The molecule has 0 fully saturated rings. The molecule has 17 heavy (non-hydrogen) atoms. The van der Waals surface area contributed by atoms with Gasteiger partial charge in [-0.15, -0.1) is 0 Å². The van der Waals surface area contributed by atoms with Gasteiger partial charge in [0.1, 0.15) is 5.82 Å².